The van der Waals surface area contributed by atoms with Crippen molar-refractivity contribution >= 4 is 0 Å². The Hall–Kier alpha value is -0.120. The Kier molecular flexibility index (Phi) is 7.09. The maximum atomic E-state index is 5.39. The molecular formula is C14H30N2O. The number of hydrogen-bond donors (Lipinski definition) is 1. The molecule has 17 heavy (non-hydrogen) atoms. The molecule has 1 aliphatic rings. The molecule has 0 saturated carbocycles. The molecule has 1 saturated heterocycles. The van der Waals surface area contributed by atoms with Gasteiger partial charge < -0.3 is 10.1 Å². The Morgan fingerprint density at radius 1 is 1.41 bits per heavy atom. The first kappa shape index (κ1) is 14.9. The average molecular weight is 242 g/mol. The van der Waals surface area contributed by atoms with E-state index in [-0.39, 0.29) is 0 Å². The summed E-state index contributed by atoms with van der Waals surface area (Å²) in [6.45, 7) is 11.3. The first-order chi connectivity index (χ1) is 8.17. The molecule has 1 aliphatic heterocycles. The molecule has 0 amide bonds. The number of nitrogens with one attached hydrogen (secondary N) is 1. The van der Waals surface area contributed by atoms with Crippen LogP contribution < -0.4 is 5.32 Å². The van der Waals surface area contributed by atoms with Crippen molar-refractivity contribution in [3.63, 3.8) is 0 Å². The van der Waals surface area contributed by atoms with E-state index in [4.69, 9.17) is 4.74 Å². The zero-order chi connectivity index (χ0) is 12.7. The van der Waals surface area contributed by atoms with Gasteiger partial charge in [-0.1, -0.05) is 20.3 Å². The van der Waals surface area contributed by atoms with Crippen molar-refractivity contribution in [1.82, 2.24) is 10.2 Å². The van der Waals surface area contributed by atoms with Crippen molar-refractivity contribution < 1.29 is 4.74 Å². The van der Waals surface area contributed by atoms with Crippen LogP contribution in [0.25, 0.3) is 0 Å². The number of methoxy groups -OCH3 is 1. The zero-order valence-corrected chi connectivity index (χ0v) is 12.0. The van der Waals surface area contributed by atoms with Crippen LogP contribution >= 0.6 is 0 Å². The van der Waals surface area contributed by atoms with Gasteiger partial charge in [0.05, 0.1) is 6.61 Å². The van der Waals surface area contributed by atoms with Gasteiger partial charge in [-0.25, -0.2) is 0 Å². The van der Waals surface area contributed by atoms with Gasteiger partial charge in [-0.3, -0.25) is 4.90 Å². The molecule has 1 rings (SSSR count). The second kappa shape index (κ2) is 8.06. The smallest absolute Gasteiger partial charge is 0.0618 e. The van der Waals surface area contributed by atoms with Gasteiger partial charge in [0.15, 0.2) is 0 Å². The molecule has 102 valence electrons. The van der Waals surface area contributed by atoms with Crippen molar-refractivity contribution in [2.24, 2.45) is 5.92 Å². The van der Waals surface area contributed by atoms with Crippen LogP contribution in [-0.4, -0.2) is 50.3 Å². The third kappa shape index (κ3) is 5.36. The lowest BCUT2D eigenvalue weighted by atomic mass is 10.0. The molecule has 3 heteroatoms. The second-order valence-corrected chi connectivity index (χ2v) is 5.60. The Morgan fingerprint density at radius 2 is 2.18 bits per heavy atom. The van der Waals surface area contributed by atoms with Crippen LogP contribution in [0.3, 0.4) is 0 Å². The van der Waals surface area contributed by atoms with Gasteiger partial charge in [-0.05, 0) is 32.2 Å². The second-order valence-electron chi connectivity index (χ2n) is 5.60. The maximum Gasteiger partial charge on any atom is 0.0618 e. The Bertz CT molecular complexity index is 193. The SMILES string of the molecule is CCCC(COC)N1CCC(C)NCC(C)C1. The molecule has 3 unspecified atom stereocenters. The van der Waals surface area contributed by atoms with Crippen molar-refractivity contribution in [3.8, 4) is 0 Å². The fourth-order valence-corrected chi connectivity index (χ4v) is 2.65. The van der Waals surface area contributed by atoms with Crippen LogP contribution in [0.15, 0.2) is 0 Å². The third-order valence-electron chi connectivity index (χ3n) is 3.71. The van der Waals surface area contributed by atoms with E-state index in [9.17, 15) is 0 Å². The Balaban J connectivity index is 2.55. The molecule has 0 radical (unpaired) electrons. The fourth-order valence-electron chi connectivity index (χ4n) is 2.65. The van der Waals surface area contributed by atoms with Crippen LogP contribution in [0.2, 0.25) is 0 Å². The minimum absolute atomic E-state index is 0.609. The van der Waals surface area contributed by atoms with Crippen LogP contribution in [0, 0.1) is 5.92 Å². The molecule has 0 aromatic heterocycles. The van der Waals surface area contributed by atoms with E-state index in [1.165, 1.54) is 32.4 Å². The van der Waals surface area contributed by atoms with E-state index >= 15 is 0 Å². The highest BCUT2D eigenvalue weighted by atomic mass is 16.5. The van der Waals surface area contributed by atoms with Gasteiger partial charge in [0.25, 0.3) is 0 Å². The lowest BCUT2D eigenvalue weighted by molar-refractivity contribution is 0.0670. The molecule has 0 aliphatic carbocycles. The third-order valence-corrected chi connectivity index (χ3v) is 3.71. The molecule has 0 aromatic rings. The van der Waals surface area contributed by atoms with Gasteiger partial charge in [0.1, 0.15) is 0 Å². The minimum atomic E-state index is 0.609. The lowest BCUT2D eigenvalue weighted by Gasteiger charge is -2.36. The van der Waals surface area contributed by atoms with E-state index in [1.54, 1.807) is 0 Å². The van der Waals surface area contributed by atoms with E-state index in [2.05, 4.69) is 31.0 Å². The van der Waals surface area contributed by atoms with Crippen molar-refractivity contribution in [2.75, 3.05) is 33.4 Å². The Morgan fingerprint density at radius 3 is 2.82 bits per heavy atom. The molecular weight excluding hydrogens is 212 g/mol. The number of hydrogen-bond acceptors (Lipinski definition) is 3. The summed E-state index contributed by atoms with van der Waals surface area (Å²) in [5, 5.41) is 3.60. The molecule has 1 heterocycles. The van der Waals surface area contributed by atoms with Crippen LogP contribution in [0.5, 0.6) is 0 Å². The monoisotopic (exact) mass is 242 g/mol. The summed E-state index contributed by atoms with van der Waals surface area (Å²) in [4.78, 5) is 2.65. The zero-order valence-electron chi connectivity index (χ0n) is 12.0. The summed E-state index contributed by atoms with van der Waals surface area (Å²) in [5.74, 6) is 0.731. The highest BCUT2D eigenvalue weighted by Crippen LogP contribution is 2.14. The summed E-state index contributed by atoms with van der Waals surface area (Å²) >= 11 is 0. The predicted octanol–water partition coefficient (Wildman–Crippen LogP) is 2.12. The van der Waals surface area contributed by atoms with Crippen molar-refractivity contribution in [2.45, 2.75) is 52.1 Å². The quantitative estimate of drug-likeness (QED) is 0.799. The summed E-state index contributed by atoms with van der Waals surface area (Å²) in [7, 11) is 1.82. The van der Waals surface area contributed by atoms with Crippen LogP contribution in [0.1, 0.15) is 40.0 Å². The first-order valence-electron chi connectivity index (χ1n) is 7.13. The minimum Gasteiger partial charge on any atom is -0.383 e. The largest absolute Gasteiger partial charge is 0.383 e. The predicted molar refractivity (Wildman–Crippen MR) is 73.4 cm³/mol. The highest BCUT2D eigenvalue weighted by molar-refractivity contribution is 4.79. The van der Waals surface area contributed by atoms with Gasteiger partial charge in [0, 0.05) is 32.3 Å². The maximum absolute atomic E-state index is 5.39. The fraction of sp³-hybridized carbons (Fsp3) is 1.00. The van der Waals surface area contributed by atoms with E-state index < -0.39 is 0 Å². The summed E-state index contributed by atoms with van der Waals surface area (Å²) in [5.41, 5.74) is 0. The van der Waals surface area contributed by atoms with Gasteiger partial charge in [-0.15, -0.1) is 0 Å². The van der Waals surface area contributed by atoms with E-state index in [0.29, 0.717) is 12.1 Å². The normalized spacial score (nSPS) is 29.6. The summed E-state index contributed by atoms with van der Waals surface area (Å²) in [6, 6.07) is 1.25. The molecule has 0 aromatic carbocycles. The van der Waals surface area contributed by atoms with Gasteiger partial charge in [0.2, 0.25) is 0 Å². The van der Waals surface area contributed by atoms with Crippen molar-refractivity contribution in [1.29, 1.82) is 0 Å². The molecule has 0 spiro atoms. The lowest BCUT2D eigenvalue weighted by Crippen LogP contribution is -2.47. The van der Waals surface area contributed by atoms with E-state index in [0.717, 1.165) is 19.1 Å². The van der Waals surface area contributed by atoms with Gasteiger partial charge in [-0.2, -0.15) is 0 Å². The highest BCUT2D eigenvalue weighted by Gasteiger charge is 2.22. The van der Waals surface area contributed by atoms with Crippen LogP contribution in [-0.2, 0) is 4.74 Å². The van der Waals surface area contributed by atoms with Gasteiger partial charge >= 0.3 is 0 Å². The molecule has 3 nitrogen and oxygen atoms in total. The summed E-state index contributed by atoms with van der Waals surface area (Å²) in [6.07, 6.45) is 3.74. The Labute approximate surface area is 107 Å². The molecule has 0 bridgehead atoms. The molecule has 1 N–H and O–H groups in total. The standard InChI is InChI=1S/C14H30N2O/c1-5-6-14(11-17-4)16-8-7-13(3)15-9-12(2)10-16/h12-15H,5-11H2,1-4H3. The summed E-state index contributed by atoms with van der Waals surface area (Å²) < 4.78 is 5.39. The average Bonchev–Trinajstić information content (AvgIpc) is 2.29. The number of rotatable bonds is 5. The molecule has 1 fully saturated rings. The van der Waals surface area contributed by atoms with E-state index in [1.807, 2.05) is 7.11 Å². The topological polar surface area (TPSA) is 24.5 Å². The van der Waals surface area contributed by atoms with Crippen LogP contribution in [0.4, 0.5) is 0 Å². The first-order valence-corrected chi connectivity index (χ1v) is 7.13. The number of nitrogens with zero attached hydrogens (tertiary/aromatic N) is 1. The molecule has 3 atom stereocenters. The number of ether oxygens (including phenoxy) is 1. The van der Waals surface area contributed by atoms with Crippen molar-refractivity contribution in [3.05, 3.63) is 0 Å².